The number of carbonyl (C=O) groups excluding carboxylic acids is 2. The lowest BCUT2D eigenvalue weighted by molar-refractivity contribution is -0.143. The molecule has 0 fully saturated rings. The molecule has 0 aromatic rings. The van der Waals surface area contributed by atoms with E-state index in [0.29, 0.717) is 25.9 Å². The van der Waals surface area contributed by atoms with Crippen molar-refractivity contribution in [3.05, 3.63) is 0 Å². The van der Waals surface area contributed by atoms with Gasteiger partial charge in [0.1, 0.15) is 0 Å². The first-order valence-corrected chi connectivity index (χ1v) is 28.8. The Kier molecular flexibility index (Phi) is 52.5. The molecule has 1 amide bonds. The van der Waals surface area contributed by atoms with E-state index >= 15 is 0 Å². The van der Waals surface area contributed by atoms with Crippen LogP contribution in [0.25, 0.3) is 0 Å². The predicted molar refractivity (Wildman–Crippen MR) is 274 cm³/mol. The number of amides is 1. The van der Waals surface area contributed by atoms with E-state index in [-0.39, 0.29) is 18.5 Å². The van der Waals surface area contributed by atoms with Crippen LogP contribution in [0.15, 0.2) is 0 Å². The fourth-order valence-electron chi connectivity index (χ4n) is 9.23. The van der Waals surface area contributed by atoms with Crippen LogP contribution < -0.4 is 5.32 Å². The van der Waals surface area contributed by atoms with E-state index in [1.54, 1.807) is 0 Å². The molecule has 0 aliphatic rings. The molecular weight excluding hydrogens is 779 g/mol. The maximum Gasteiger partial charge on any atom is 0.305 e. The van der Waals surface area contributed by atoms with Gasteiger partial charge >= 0.3 is 5.97 Å². The minimum Gasteiger partial charge on any atom is -0.466 e. The zero-order chi connectivity index (χ0) is 45.8. The lowest BCUT2D eigenvalue weighted by atomic mass is 10.0. The van der Waals surface area contributed by atoms with Crippen molar-refractivity contribution in [3.8, 4) is 0 Å². The van der Waals surface area contributed by atoms with Crippen molar-refractivity contribution < 1.29 is 24.5 Å². The van der Waals surface area contributed by atoms with Gasteiger partial charge in [0.25, 0.3) is 0 Å². The summed E-state index contributed by atoms with van der Waals surface area (Å²) in [6, 6.07) is -0.544. The van der Waals surface area contributed by atoms with Crippen molar-refractivity contribution in [2.24, 2.45) is 0 Å². The Morgan fingerprint density at radius 1 is 0.381 bits per heavy atom. The van der Waals surface area contributed by atoms with E-state index in [1.165, 1.54) is 257 Å². The highest BCUT2D eigenvalue weighted by Gasteiger charge is 2.20. The summed E-state index contributed by atoms with van der Waals surface area (Å²) in [5.41, 5.74) is 0. The van der Waals surface area contributed by atoms with Crippen LogP contribution in [0, 0.1) is 0 Å². The van der Waals surface area contributed by atoms with Crippen LogP contribution in [0.4, 0.5) is 0 Å². The summed E-state index contributed by atoms with van der Waals surface area (Å²) in [6.07, 6.45) is 60.9. The molecule has 0 aromatic carbocycles. The number of carbonyl (C=O) groups is 2. The van der Waals surface area contributed by atoms with Gasteiger partial charge in [-0.1, -0.05) is 290 Å². The summed E-state index contributed by atoms with van der Waals surface area (Å²) in [5.74, 6) is -0.0322. The van der Waals surface area contributed by atoms with Gasteiger partial charge in [0.2, 0.25) is 5.91 Å². The highest BCUT2D eigenvalue weighted by Crippen LogP contribution is 2.18. The van der Waals surface area contributed by atoms with E-state index < -0.39 is 12.1 Å². The molecule has 0 aromatic heterocycles. The molecule has 0 heterocycles. The minimum absolute atomic E-state index is 0.00863. The maximum absolute atomic E-state index is 12.4. The van der Waals surface area contributed by atoms with Crippen molar-refractivity contribution in [2.45, 2.75) is 341 Å². The first-order chi connectivity index (χ1) is 31.0. The summed E-state index contributed by atoms with van der Waals surface area (Å²) in [5, 5.41) is 23.2. The van der Waals surface area contributed by atoms with Gasteiger partial charge in [-0.15, -0.1) is 0 Å². The quantitative estimate of drug-likeness (QED) is 0.0418. The van der Waals surface area contributed by atoms with E-state index in [0.717, 1.165) is 38.5 Å². The van der Waals surface area contributed by atoms with Gasteiger partial charge in [-0.2, -0.15) is 0 Å². The standard InChI is InChI=1S/C57H113NO5/c1-3-5-7-9-11-13-15-16-17-18-19-20-24-27-31-35-39-43-47-51-57(62)63-52-48-44-40-36-32-28-25-22-21-23-26-30-34-38-42-46-50-56(61)58-54(53-59)55(60)49-45-41-37-33-29-14-12-10-8-6-4-2/h54-55,59-60H,3-53H2,1-2H3,(H,58,61). The topological polar surface area (TPSA) is 95.9 Å². The molecule has 0 aliphatic heterocycles. The Morgan fingerprint density at radius 3 is 0.968 bits per heavy atom. The predicted octanol–water partition coefficient (Wildman–Crippen LogP) is 17.5. The first kappa shape index (κ1) is 61.9. The summed E-state index contributed by atoms with van der Waals surface area (Å²) >= 11 is 0. The molecule has 6 heteroatoms. The van der Waals surface area contributed by atoms with E-state index in [9.17, 15) is 19.8 Å². The molecule has 2 unspecified atom stereocenters. The fourth-order valence-corrected chi connectivity index (χ4v) is 9.23. The zero-order valence-corrected chi connectivity index (χ0v) is 42.8. The average Bonchev–Trinajstić information content (AvgIpc) is 3.28. The van der Waals surface area contributed by atoms with Crippen LogP contribution in [-0.2, 0) is 14.3 Å². The second kappa shape index (κ2) is 53.5. The Hall–Kier alpha value is -1.14. The summed E-state index contributed by atoms with van der Waals surface area (Å²) in [7, 11) is 0. The Bertz CT molecular complexity index is 898. The summed E-state index contributed by atoms with van der Waals surface area (Å²) in [4.78, 5) is 24.5. The first-order valence-electron chi connectivity index (χ1n) is 28.8. The van der Waals surface area contributed by atoms with Crippen LogP contribution >= 0.6 is 0 Å². The van der Waals surface area contributed by atoms with Gasteiger partial charge in [-0.25, -0.2) is 0 Å². The van der Waals surface area contributed by atoms with Crippen LogP contribution in [0.3, 0.4) is 0 Å². The fraction of sp³-hybridized carbons (Fsp3) is 0.965. The number of aliphatic hydroxyl groups is 2. The molecule has 63 heavy (non-hydrogen) atoms. The van der Waals surface area contributed by atoms with Gasteiger partial charge in [-0.3, -0.25) is 9.59 Å². The summed E-state index contributed by atoms with van der Waals surface area (Å²) in [6.45, 7) is 4.95. The lowest BCUT2D eigenvalue weighted by Gasteiger charge is -2.22. The highest BCUT2D eigenvalue weighted by atomic mass is 16.5. The van der Waals surface area contributed by atoms with Crippen LogP contribution in [-0.4, -0.2) is 47.4 Å². The second-order valence-corrected chi connectivity index (χ2v) is 20.0. The molecule has 0 bridgehead atoms. The minimum atomic E-state index is -0.666. The van der Waals surface area contributed by atoms with E-state index in [4.69, 9.17) is 4.74 Å². The Morgan fingerprint density at radius 2 is 0.651 bits per heavy atom. The number of hydrogen-bond acceptors (Lipinski definition) is 5. The van der Waals surface area contributed by atoms with E-state index in [1.807, 2.05) is 0 Å². The molecule has 0 saturated carbocycles. The van der Waals surface area contributed by atoms with Crippen molar-refractivity contribution >= 4 is 11.9 Å². The van der Waals surface area contributed by atoms with Gasteiger partial charge in [0.15, 0.2) is 0 Å². The van der Waals surface area contributed by atoms with Gasteiger partial charge in [-0.05, 0) is 25.7 Å². The number of unbranched alkanes of at least 4 members (excludes halogenated alkanes) is 43. The molecule has 0 radical (unpaired) electrons. The third-order valence-corrected chi connectivity index (χ3v) is 13.7. The molecule has 0 saturated heterocycles. The molecule has 0 spiro atoms. The lowest BCUT2D eigenvalue weighted by Crippen LogP contribution is -2.45. The third-order valence-electron chi connectivity index (χ3n) is 13.7. The van der Waals surface area contributed by atoms with Crippen molar-refractivity contribution in [1.29, 1.82) is 0 Å². The van der Waals surface area contributed by atoms with Crippen molar-refractivity contribution in [3.63, 3.8) is 0 Å². The van der Waals surface area contributed by atoms with Crippen molar-refractivity contribution in [1.82, 2.24) is 5.32 Å². The van der Waals surface area contributed by atoms with Crippen LogP contribution in [0.1, 0.15) is 328 Å². The highest BCUT2D eigenvalue weighted by molar-refractivity contribution is 5.76. The average molecular weight is 893 g/mol. The van der Waals surface area contributed by atoms with Crippen LogP contribution in [0.2, 0.25) is 0 Å². The van der Waals surface area contributed by atoms with Crippen molar-refractivity contribution in [2.75, 3.05) is 13.2 Å². The number of ether oxygens (including phenoxy) is 1. The normalized spacial score (nSPS) is 12.5. The summed E-state index contributed by atoms with van der Waals surface area (Å²) < 4.78 is 5.49. The molecular formula is C57H113NO5. The number of esters is 1. The largest absolute Gasteiger partial charge is 0.466 e. The maximum atomic E-state index is 12.4. The smallest absolute Gasteiger partial charge is 0.305 e. The Balaban J connectivity index is 3.36. The Labute approximate surface area is 394 Å². The molecule has 2 atom stereocenters. The molecule has 0 rings (SSSR count). The van der Waals surface area contributed by atoms with E-state index in [2.05, 4.69) is 19.2 Å². The molecule has 6 nitrogen and oxygen atoms in total. The number of rotatable bonds is 54. The zero-order valence-electron chi connectivity index (χ0n) is 42.8. The molecule has 0 aliphatic carbocycles. The second-order valence-electron chi connectivity index (χ2n) is 20.0. The monoisotopic (exact) mass is 892 g/mol. The van der Waals surface area contributed by atoms with Gasteiger partial charge in [0.05, 0.1) is 25.4 Å². The van der Waals surface area contributed by atoms with Gasteiger partial charge < -0.3 is 20.3 Å². The number of hydrogen-bond donors (Lipinski definition) is 3. The third kappa shape index (κ3) is 50.1. The number of aliphatic hydroxyl groups excluding tert-OH is 2. The molecule has 3 N–H and O–H groups in total. The SMILES string of the molecule is CCCCCCCCCCCCCCCCCCCCCC(=O)OCCCCCCCCCCCCCCCCCCC(=O)NC(CO)C(O)CCCCCCCCCCCCC. The van der Waals surface area contributed by atoms with Crippen LogP contribution in [0.5, 0.6) is 0 Å². The van der Waals surface area contributed by atoms with Gasteiger partial charge in [0, 0.05) is 12.8 Å². The molecule has 376 valence electrons. The number of nitrogens with one attached hydrogen (secondary N) is 1.